The Morgan fingerprint density at radius 1 is 1.12 bits per heavy atom. The van der Waals surface area contributed by atoms with Gasteiger partial charge in [0, 0.05) is 6.54 Å². The van der Waals surface area contributed by atoms with Gasteiger partial charge in [-0.25, -0.2) is 0 Å². The van der Waals surface area contributed by atoms with Gasteiger partial charge in [-0.1, -0.05) is 50.6 Å². The van der Waals surface area contributed by atoms with Gasteiger partial charge in [0.2, 0.25) is 0 Å². The first-order valence-corrected chi connectivity index (χ1v) is 6.44. The van der Waals surface area contributed by atoms with Gasteiger partial charge in [-0.2, -0.15) is 0 Å². The number of rotatable bonds is 7. The summed E-state index contributed by atoms with van der Waals surface area (Å²) in [5, 5.41) is 0. The Balaban J connectivity index is 2.18. The molecule has 0 saturated carbocycles. The third-order valence-electron chi connectivity index (χ3n) is 3.33. The summed E-state index contributed by atoms with van der Waals surface area (Å²) in [7, 11) is 2.23. The summed E-state index contributed by atoms with van der Waals surface area (Å²) in [5.74, 6) is 0.860. The number of nitrogens with zero attached hydrogens (tertiary/aromatic N) is 1. The summed E-state index contributed by atoms with van der Waals surface area (Å²) < 4.78 is 0. The quantitative estimate of drug-likeness (QED) is 0.677. The lowest BCUT2D eigenvalue weighted by molar-refractivity contribution is 0.306. The van der Waals surface area contributed by atoms with Crippen LogP contribution in [0.3, 0.4) is 0 Å². The second-order valence-corrected chi connectivity index (χ2v) is 4.84. The Hall–Kier alpha value is -0.820. The zero-order valence-electron chi connectivity index (χ0n) is 10.9. The lowest BCUT2D eigenvalue weighted by Crippen LogP contribution is -2.23. The van der Waals surface area contributed by atoms with Crippen LogP contribution in [-0.4, -0.2) is 25.0 Å². The first-order chi connectivity index (χ1) is 7.72. The molecule has 0 aliphatic carbocycles. The molecule has 1 atom stereocenters. The Bertz CT molecular complexity index is 268. The van der Waals surface area contributed by atoms with Crippen molar-refractivity contribution in [3.05, 3.63) is 35.9 Å². The zero-order valence-corrected chi connectivity index (χ0v) is 10.9. The maximum atomic E-state index is 2.44. The van der Waals surface area contributed by atoms with Crippen LogP contribution in [0.5, 0.6) is 0 Å². The number of likely N-dealkylation sites (N-methyl/N-ethyl adjacent to an activating group) is 1. The van der Waals surface area contributed by atoms with Gasteiger partial charge >= 0.3 is 0 Å². The van der Waals surface area contributed by atoms with E-state index in [0.29, 0.717) is 0 Å². The molecule has 90 valence electrons. The van der Waals surface area contributed by atoms with Gasteiger partial charge in [-0.15, -0.1) is 0 Å². The molecule has 0 fully saturated rings. The molecule has 1 heteroatoms. The van der Waals surface area contributed by atoms with Gasteiger partial charge in [-0.3, -0.25) is 0 Å². The molecule has 0 radical (unpaired) electrons. The van der Waals surface area contributed by atoms with Gasteiger partial charge < -0.3 is 4.90 Å². The predicted molar refractivity (Wildman–Crippen MR) is 71.7 cm³/mol. The summed E-state index contributed by atoms with van der Waals surface area (Å²) in [6.07, 6.45) is 3.78. The second kappa shape index (κ2) is 7.45. The molecule has 0 aromatic heterocycles. The predicted octanol–water partition coefficient (Wildman–Crippen LogP) is 3.60. The summed E-state index contributed by atoms with van der Waals surface area (Å²) in [6.45, 7) is 7.00. The first kappa shape index (κ1) is 13.2. The van der Waals surface area contributed by atoms with Crippen molar-refractivity contribution in [1.82, 2.24) is 4.90 Å². The maximum Gasteiger partial charge on any atom is 0.00188 e. The van der Waals surface area contributed by atoms with E-state index in [2.05, 4.69) is 56.1 Å². The molecule has 0 N–H and O–H groups in total. The highest BCUT2D eigenvalue weighted by molar-refractivity contribution is 5.14. The van der Waals surface area contributed by atoms with Crippen LogP contribution in [0.1, 0.15) is 32.3 Å². The van der Waals surface area contributed by atoms with Crippen LogP contribution < -0.4 is 0 Å². The van der Waals surface area contributed by atoms with E-state index in [4.69, 9.17) is 0 Å². The van der Waals surface area contributed by atoms with Crippen LogP contribution in [0.4, 0.5) is 0 Å². The third-order valence-corrected chi connectivity index (χ3v) is 3.33. The van der Waals surface area contributed by atoms with E-state index in [9.17, 15) is 0 Å². The Morgan fingerprint density at radius 2 is 1.81 bits per heavy atom. The van der Waals surface area contributed by atoms with Crippen molar-refractivity contribution in [1.29, 1.82) is 0 Å². The van der Waals surface area contributed by atoms with Crippen LogP contribution in [0, 0.1) is 5.92 Å². The lowest BCUT2D eigenvalue weighted by atomic mass is 10.1. The Labute approximate surface area is 100 Å². The Kier molecular flexibility index (Phi) is 6.17. The number of hydrogen-bond acceptors (Lipinski definition) is 1. The van der Waals surface area contributed by atoms with Crippen molar-refractivity contribution < 1.29 is 0 Å². The van der Waals surface area contributed by atoms with Crippen molar-refractivity contribution >= 4 is 0 Å². The van der Waals surface area contributed by atoms with E-state index in [0.717, 1.165) is 12.3 Å². The summed E-state index contributed by atoms with van der Waals surface area (Å²) in [5.41, 5.74) is 1.44. The van der Waals surface area contributed by atoms with Crippen LogP contribution in [0.2, 0.25) is 0 Å². The smallest absolute Gasteiger partial charge is 0.00188 e. The third kappa shape index (κ3) is 5.32. The molecule has 1 nitrogen and oxygen atoms in total. The van der Waals surface area contributed by atoms with Crippen molar-refractivity contribution in [2.45, 2.75) is 33.1 Å². The molecule has 0 spiro atoms. The van der Waals surface area contributed by atoms with Gasteiger partial charge in [0.1, 0.15) is 0 Å². The van der Waals surface area contributed by atoms with E-state index < -0.39 is 0 Å². The van der Waals surface area contributed by atoms with Crippen LogP contribution in [0.15, 0.2) is 30.3 Å². The van der Waals surface area contributed by atoms with E-state index >= 15 is 0 Å². The van der Waals surface area contributed by atoms with Crippen LogP contribution in [-0.2, 0) is 6.42 Å². The Morgan fingerprint density at radius 3 is 2.44 bits per heavy atom. The average Bonchev–Trinajstić information content (AvgIpc) is 2.34. The number of benzene rings is 1. The van der Waals surface area contributed by atoms with Gasteiger partial charge in [-0.05, 0) is 37.9 Å². The van der Waals surface area contributed by atoms with Gasteiger partial charge in [0.05, 0.1) is 0 Å². The molecular formula is C15H25N. The molecule has 16 heavy (non-hydrogen) atoms. The molecule has 0 heterocycles. The summed E-state index contributed by atoms with van der Waals surface area (Å²) in [6, 6.07) is 10.7. The lowest BCUT2D eigenvalue weighted by Gasteiger charge is -2.18. The van der Waals surface area contributed by atoms with Crippen molar-refractivity contribution in [3.63, 3.8) is 0 Å². The fraction of sp³-hybridized carbons (Fsp3) is 0.600. The average molecular weight is 219 g/mol. The van der Waals surface area contributed by atoms with Crippen molar-refractivity contribution in [2.24, 2.45) is 5.92 Å². The van der Waals surface area contributed by atoms with Crippen molar-refractivity contribution in [2.75, 3.05) is 20.1 Å². The highest BCUT2D eigenvalue weighted by atomic mass is 15.1. The van der Waals surface area contributed by atoms with Crippen LogP contribution in [0.25, 0.3) is 0 Å². The molecule has 1 aromatic rings. The number of hydrogen-bond donors (Lipinski definition) is 0. The highest BCUT2D eigenvalue weighted by Crippen LogP contribution is 2.07. The molecule has 0 bridgehead atoms. The SMILES string of the molecule is CCC(C)CCN(C)CCc1ccccc1. The van der Waals surface area contributed by atoms with E-state index in [1.54, 1.807) is 0 Å². The molecule has 1 rings (SSSR count). The minimum absolute atomic E-state index is 0.860. The molecule has 0 aliphatic heterocycles. The topological polar surface area (TPSA) is 3.24 Å². The molecule has 0 aliphatic rings. The minimum Gasteiger partial charge on any atom is -0.306 e. The highest BCUT2D eigenvalue weighted by Gasteiger charge is 2.02. The molecule has 0 saturated heterocycles. The van der Waals surface area contributed by atoms with Gasteiger partial charge in [0.25, 0.3) is 0 Å². The van der Waals surface area contributed by atoms with Crippen molar-refractivity contribution in [3.8, 4) is 0 Å². The van der Waals surface area contributed by atoms with Gasteiger partial charge in [0.15, 0.2) is 0 Å². The molecular weight excluding hydrogens is 194 g/mol. The summed E-state index contributed by atoms with van der Waals surface area (Å²) >= 11 is 0. The van der Waals surface area contributed by atoms with E-state index in [1.807, 2.05) is 0 Å². The fourth-order valence-corrected chi connectivity index (χ4v) is 1.72. The minimum atomic E-state index is 0.860. The fourth-order valence-electron chi connectivity index (χ4n) is 1.72. The molecule has 0 amide bonds. The molecule has 1 unspecified atom stereocenters. The molecule has 1 aromatic carbocycles. The zero-order chi connectivity index (χ0) is 11.8. The standard InChI is InChI=1S/C15H25N/c1-4-14(2)10-12-16(3)13-11-15-8-6-5-7-9-15/h5-9,14H,4,10-13H2,1-3H3. The van der Waals surface area contributed by atoms with E-state index in [1.165, 1.54) is 31.5 Å². The largest absolute Gasteiger partial charge is 0.306 e. The second-order valence-electron chi connectivity index (χ2n) is 4.84. The first-order valence-electron chi connectivity index (χ1n) is 6.44. The maximum absolute atomic E-state index is 2.44. The summed E-state index contributed by atoms with van der Waals surface area (Å²) in [4.78, 5) is 2.44. The monoisotopic (exact) mass is 219 g/mol. The normalized spacial score (nSPS) is 13.0. The van der Waals surface area contributed by atoms with Crippen LogP contribution >= 0.6 is 0 Å². The van der Waals surface area contributed by atoms with E-state index in [-0.39, 0.29) is 0 Å².